The summed E-state index contributed by atoms with van der Waals surface area (Å²) < 4.78 is 4.99. The summed E-state index contributed by atoms with van der Waals surface area (Å²) in [6.45, 7) is 4.35. The van der Waals surface area contributed by atoms with Crippen LogP contribution in [0, 0.1) is 0 Å². The predicted octanol–water partition coefficient (Wildman–Crippen LogP) is 0.807. The number of aromatic nitrogens is 2. The van der Waals surface area contributed by atoms with Crippen LogP contribution in [0.4, 0.5) is 5.82 Å². The Kier molecular flexibility index (Phi) is 3.86. The first-order valence-electron chi connectivity index (χ1n) is 5.69. The quantitative estimate of drug-likeness (QED) is 0.796. The van der Waals surface area contributed by atoms with Crippen molar-refractivity contribution in [3.8, 4) is 6.01 Å². The normalized spacial score (nSPS) is 15.7. The van der Waals surface area contributed by atoms with Gasteiger partial charge in [-0.25, -0.2) is 4.98 Å². The van der Waals surface area contributed by atoms with E-state index in [0.29, 0.717) is 43.0 Å². The highest BCUT2D eigenvalue weighted by Gasteiger charge is 2.21. The van der Waals surface area contributed by atoms with Crippen LogP contribution < -0.4 is 9.64 Å². The van der Waals surface area contributed by atoms with Crippen molar-refractivity contribution in [3.63, 3.8) is 0 Å². The molecule has 1 aromatic heterocycles. The highest BCUT2D eigenvalue weighted by molar-refractivity contribution is 6.32. The maximum atomic E-state index is 11.2. The van der Waals surface area contributed by atoms with Gasteiger partial charge in [-0.2, -0.15) is 4.98 Å². The summed E-state index contributed by atoms with van der Waals surface area (Å²) >= 11 is 6.08. The molecular weight excluding hydrogens is 256 g/mol. The van der Waals surface area contributed by atoms with Gasteiger partial charge < -0.3 is 14.5 Å². The van der Waals surface area contributed by atoms with Crippen LogP contribution in [0.5, 0.6) is 6.01 Å². The molecule has 1 aliphatic heterocycles. The molecule has 98 valence electrons. The summed E-state index contributed by atoms with van der Waals surface area (Å²) in [5, 5.41) is 0.493. The zero-order valence-electron chi connectivity index (χ0n) is 10.4. The van der Waals surface area contributed by atoms with E-state index in [1.807, 2.05) is 9.80 Å². The van der Waals surface area contributed by atoms with Crippen LogP contribution in [0.1, 0.15) is 6.92 Å². The number of piperazine rings is 1. The molecular formula is C11H15ClN4O2. The summed E-state index contributed by atoms with van der Waals surface area (Å²) in [7, 11) is 1.51. The molecule has 2 rings (SSSR count). The van der Waals surface area contributed by atoms with Gasteiger partial charge in [0.25, 0.3) is 0 Å². The zero-order valence-corrected chi connectivity index (χ0v) is 11.1. The van der Waals surface area contributed by atoms with E-state index in [0.717, 1.165) is 0 Å². The molecule has 0 bridgehead atoms. The first kappa shape index (κ1) is 12.9. The molecule has 0 N–H and O–H groups in total. The van der Waals surface area contributed by atoms with Crippen molar-refractivity contribution in [1.29, 1.82) is 0 Å². The van der Waals surface area contributed by atoms with Gasteiger partial charge >= 0.3 is 6.01 Å². The van der Waals surface area contributed by atoms with Crippen molar-refractivity contribution < 1.29 is 9.53 Å². The average molecular weight is 271 g/mol. The Hall–Kier alpha value is -1.56. The molecule has 1 aromatic rings. The number of rotatable bonds is 2. The Bertz CT molecular complexity index is 447. The highest BCUT2D eigenvalue weighted by atomic mass is 35.5. The van der Waals surface area contributed by atoms with Gasteiger partial charge in [0.1, 0.15) is 5.02 Å². The summed E-state index contributed by atoms with van der Waals surface area (Å²) in [6.07, 6.45) is 1.53. The largest absolute Gasteiger partial charge is 0.467 e. The van der Waals surface area contributed by atoms with Gasteiger partial charge in [-0.1, -0.05) is 11.6 Å². The third-order valence-corrected chi connectivity index (χ3v) is 3.18. The Labute approximate surface area is 111 Å². The number of hydrogen-bond donors (Lipinski definition) is 0. The van der Waals surface area contributed by atoms with Crippen molar-refractivity contribution >= 4 is 23.3 Å². The summed E-state index contributed by atoms with van der Waals surface area (Å²) in [5.41, 5.74) is 0. The van der Waals surface area contributed by atoms with E-state index in [4.69, 9.17) is 16.3 Å². The second-order valence-corrected chi connectivity index (χ2v) is 4.43. The second-order valence-electron chi connectivity index (χ2n) is 4.02. The lowest BCUT2D eigenvalue weighted by atomic mass is 10.3. The number of anilines is 1. The van der Waals surface area contributed by atoms with E-state index in [-0.39, 0.29) is 5.91 Å². The maximum absolute atomic E-state index is 11.2. The molecule has 0 radical (unpaired) electrons. The van der Waals surface area contributed by atoms with Crippen molar-refractivity contribution in [2.75, 3.05) is 38.2 Å². The van der Waals surface area contributed by atoms with Crippen molar-refractivity contribution in [2.45, 2.75) is 6.92 Å². The van der Waals surface area contributed by atoms with E-state index >= 15 is 0 Å². The summed E-state index contributed by atoms with van der Waals surface area (Å²) in [5.74, 6) is 0.757. The van der Waals surface area contributed by atoms with E-state index in [2.05, 4.69) is 9.97 Å². The smallest absolute Gasteiger partial charge is 0.318 e. The minimum Gasteiger partial charge on any atom is -0.467 e. The van der Waals surface area contributed by atoms with Crippen LogP contribution in [0.15, 0.2) is 6.20 Å². The van der Waals surface area contributed by atoms with Gasteiger partial charge in [0.15, 0.2) is 5.82 Å². The Morgan fingerprint density at radius 1 is 1.39 bits per heavy atom. The van der Waals surface area contributed by atoms with Gasteiger partial charge in [-0.05, 0) is 0 Å². The van der Waals surface area contributed by atoms with E-state index in [9.17, 15) is 4.79 Å². The van der Waals surface area contributed by atoms with E-state index < -0.39 is 0 Å². The standard InChI is InChI=1S/C11H15ClN4O2/c1-8(17)15-3-5-16(6-4-15)10-9(12)7-13-11(14-10)18-2/h7H,3-6H2,1-2H3. The van der Waals surface area contributed by atoms with E-state index in [1.165, 1.54) is 13.3 Å². The zero-order chi connectivity index (χ0) is 13.1. The van der Waals surface area contributed by atoms with E-state index in [1.54, 1.807) is 6.92 Å². The van der Waals surface area contributed by atoms with Crippen LogP contribution in [0.3, 0.4) is 0 Å². The Morgan fingerprint density at radius 3 is 2.61 bits per heavy atom. The van der Waals surface area contributed by atoms with Gasteiger partial charge in [0, 0.05) is 33.1 Å². The SMILES string of the molecule is COc1ncc(Cl)c(N2CCN(C(C)=O)CC2)n1. The van der Waals surface area contributed by atoms with Gasteiger partial charge in [0.05, 0.1) is 13.3 Å². The number of carbonyl (C=O) groups is 1. The van der Waals surface area contributed by atoms with Crippen LogP contribution in [0.2, 0.25) is 5.02 Å². The number of halogens is 1. The molecule has 2 heterocycles. The Morgan fingerprint density at radius 2 is 2.06 bits per heavy atom. The molecule has 6 nitrogen and oxygen atoms in total. The fourth-order valence-corrected chi connectivity index (χ4v) is 2.11. The third kappa shape index (κ3) is 2.64. The van der Waals surface area contributed by atoms with Crippen LogP contribution in [0.25, 0.3) is 0 Å². The van der Waals surface area contributed by atoms with Crippen LogP contribution in [-0.2, 0) is 4.79 Å². The third-order valence-electron chi connectivity index (χ3n) is 2.91. The molecule has 7 heteroatoms. The lowest BCUT2D eigenvalue weighted by molar-refractivity contribution is -0.129. The predicted molar refractivity (Wildman–Crippen MR) is 68.1 cm³/mol. The molecule has 1 aliphatic rings. The number of ether oxygens (including phenoxy) is 1. The molecule has 0 atom stereocenters. The first-order valence-corrected chi connectivity index (χ1v) is 6.06. The minimum atomic E-state index is 0.0982. The van der Waals surface area contributed by atoms with Crippen molar-refractivity contribution in [1.82, 2.24) is 14.9 Å². The molecule has 1 amide bonds. The molecule has 18 heavy (non-hydrogen) atoms. The van der Waals surface area contributed by atoms with Crippen molar-refractivity contribution in [3.05, 3.63) is 11.2 Å². The molecule has 1 saturated heterocycles. The fourth-order valence-electron chi connectivity index (χ4n) is 1.90. The Balaban J connectivity index is 2.11. The maximum Gasteiger partial charge on any atom is 0.318 e. The second kappa shape index (κ2) is 5.39. The van der Waals surface area contributed by atoms with Crippen molar-refractivity contribution in [2.24, 2.45) is 0 Å². The molecule has 0 aromatic carbocycles. The van der Waals surface area contributed by atoms with Gasteiger partial charge in [0.2, 0.25) is 5.91 Å². The highest BCUT2D eigenvalue weighted by Crippen LogP contribution is 2.25. The molecule has 0 saturated carbocycles. The lowest BCUT2D eigenvalue weighted by Crippen LogP contribution is -2.48. The average Bonchev–Trinajstić information content (AvgIpc) is 2.39. The number of methoxy groups -OCH3 is 1. The summed E-state index contributed by atoms with van der Waals surface area (Å²) in [4.78, 5) is 23.3. The number of hydrogen-bond acceptors (Lipinski definition) is 5. The minimum absolute atomic E-state index is 0.0982. The summed E-state index contributed by atoms with van der Waals surface area (Å²) in [6, 6.07) is 0.295. The number of amides is 1. The fraction of sp³-hybridized carbons (Fsp3) is 0.545. The van der Waals surface area contributed by atoms with Crippen LogP contribution in [-0.4, -0.2) is 54.1 Å². The first-order chi connectivity index (χ1) is 8.61. The molecule has 0 unspecified atom stereocenters. The lowest BCUT2D eigenvalue weighted by Gasteiger charge is -2.35. The van der Waals surface area contributed by atoms with Crippen LogP contribution >= 0.6 is 11.6 Å². The molecule has 0 aliphatic carbocycles. The topological polar surface area (TPSA) is 58.6 Å². The van der Waals surface area contributed by atoms with Gasteiger partial charge in [-0.3, -0.25) is 4.79 Å². The number of carbonyl (C=O) groups excluding carboxylic acids is 1. The molecule has 0 spiro atoms. The molecule has 1 fully saturated rings. The monoisotopic (exact) mass is 270 g/mol. The van der Waals surface area contributed by atoms with Gasteiger partial charge in [-0.15, -0.1) is 0 Å². The number of nitrogens with zero attached hydrogens (tertiary/aromatic N) is 4.